The molecule has 0 aromatic rings. The van der Waals surface area contributed by atoms with Gasteiger partial charge in [-0.2, -0.15) is 0 Å². The van der Waals surface area contributed by atoms with Gasteiger partial charge in [-0.1, -0.05) is 0 Å². The van der Waals surface area contributed by atoms with E-state index in [1.54, 1.807) is 11.8 Å². The molecule has 1 aliphatic rings. The van der Waals surface area contributed by atoms with Gasteiger partial charge in [0.15, 0.2) is 0 Å². The molecule has 1 fully saturated rings. The summed E-state index contributed by atoms with van der Waals surface area (Å²) in [7, 11) is 0. The summed E-state index contributed by atoms with van der Waals surface area (Å²) in [5.41, 5.74) is 4.02. The Kier molecular flexibility index (Phi) is 5.60. The summed E-state index contributed by atoms with van der Waals surface area (Å²) in [6, 6.07) is 0. The van der Waals surface area contributed by atoms with E-state index in [2.05, 4.69) is 36.6 Å². The molecule has 0 aromatic carbocycles. The molecule has 0 bridgehead atoms. The first kappa shape index (κ1) is 12.1. The molecule has 1 unspecified atom stereocenters. The van der Waals surface area contributed by atoms with Crippen LogP contribution in [0.2, 0.25) is 0 Å². The van der Waals surface area contributed by atoms with E-state index in [1.807, 2.05) is 6.08 Å². The van der Waals surface area contributed by atoms with Gasteiger partial charge >= 0.3 is 101 Å². The molecule has 1 nitrogen and oxygen atoms in total. The normalized spacial score (nSPS) is 23.1. The number of halogens is 1. The summed E-state index contributed by atoms with van der Waals surface area (Å²) in [5, 5.41) is 1.14. The van der Waals surface area contributed by atoms with Crippen LogP contribution in [-0.2, 0) is 0 Å². The number of thioether (sulfide) groups is 1. The Labute approximate surface area is 101 Å². The Bertz CT molecular complexity index is 296. The molecule has 0 spiro atoms. The van der Waals surface area contributed by atoms with Gasteiger partial charge in [-0.25, -0.2) is 0 Å². The predicted molar refractivity (Wildman–Crippen MR) is 61.7 cm³/mol. The minimum atomic E-state index is 0.377. The second kappa shape index (κ2) is 6.49. The van der Waals surface area contributed by atoms with E-state index in [1.165, 1.54) is 16.5 Å². The quantitative estimate of drug-likeness (QED) is 0.176. The van der Waals surface area contributed by atoms with E-state index < -0.39 is 0 Å². The monoisotopic (exact) mass is 320 g/mol. The van der Waals surface area contributed by atoms with Crippen LogP contribution in [-0.4, -0.2) is 19.7 Å². The molecule has 14 heavy (non-hydrogen) atoms. The Morgan fingerprint density at radius 2 is 2.43 bits per heavy atom. The molecule has 0 amide bonds. The second-order valence-electron chi connectivity index (χ2n) is 2.90. The zero-order chi connectivity index (χ0) is 10.4. The molecule has 0 N–H and O–H groups in total. The fourth-order valence-electron chi connectivity index (χ4n) is 1.03. The molecule has 0 aliphatic carbocycles. The van der Waals surface area contributed by atoms with E-state index in [4.69, 9.17) is 0 Å². The van der Waals surface area contributed by atoms with Crippen molar-refractivity contribution in [3.05, 3.63) is 30.2 Å². The van der Waals surface area contributed by atoms with E-state index in [0.717, 1.165) is 8.97 Å². The Morgan fingerprint density at radius 1 is 1.71 bits per heavy atom. The number of rotatable bonds is 3. The van der Waals surface area contributed by atoms with Gasteiger partial charge in [-0.05, 0) is 0 Å². The van der Waals surface area contributed by atoms with Gasteiger partial charge in [0.05, 0.1) is 0 Å². The van der Waals surface area contributed by atoms with Crippen molar-refractivity contribution in [1.29, 1.82) is 0 Å². The van der Waals surface area contributed by atoms with Gasteiger partial charge in [0.25, 0.3) is 0 Å². The van der Waals surface area contributed by atoms with Crippen molar-refractivity contribution < 1.29 is 21.2 Å². The molecule has 0 radical (unpaired) electrons. The Hall–Kier alpha value is 0.0100. The molecule has 0 saturated carbocycles. The first-order valence-electron chi connectivity index (χ1n) is 4.51. The van der Waals surface area contributed by atoms with Gasteiger partial charge in [0.2, 0.25) is 0 Å². The Balaban J connectivity index is 2.75. The summed E-state index contributed by atoms with van der Waals surface area (Å²) in [6.45, 7) is 5.63. The summed E-state index contributed by atoms with van der Waals surface area (Å²) in [5.74, 6) is 0. The van der Waals surface area contributed by atoms with Crippen LogP contribution in [0.1, 0.15) is 13.3 Å². The summed E-state index contributed by atoms with van der Waals surface area (Å²) >= 11 is 2.09. The van der Waals surface area contributed by atoms with E-state index >= 15 is 0 Å². The van der Waals surface area contributed by atoms with Gasteiger partial charge in [-0.3, -0.25) is 0 Å². The topological polar surface area (TPSA) is 12.4 Å². The van der Waals surface area contributed by atoms with Crippen molar-refractivity contribution in [2.75, 3.05) is 10.7 Å². The summed E-state index contributed by atoms with van der Waals surface area (Å²) < 4.78 is 2.23. The van der Waals surface area contributed by atoms with E-state index in [-0.39, 0.29) is 0 Å². The van der Waals surface area contributed by atoms with E-state index in [9.17, 15) is 0 Å². The third kappa shape index (κ3) is 3.64. The average molecular weight is 320 g/mol. The molecule has 3 heteroatoms. The zero-order valence-corrected chi connectivity index (χ0v) is 11.6. The third-order valence-corrected chi connectivity index (χ3v) is 6.18. The number of aliphatic imine (C=N–C) groups is 1. The molecule has 1 saturated heterocycles. The van der Waals surface area contributed by atoms with Crippen molar-refractivity contribution in [1.82, 2.24) is 0 Å². The van der Waals surface area contributed by atoms with Crippen molar-refractivity contribution >= 4 is 16.8 Å². The number of allylic oxidation sites excluding steroid dienone is 3. The predicted octanol–water partition coefficient (Wildman–Crippen LogP) is -0.146. The van der Waals surface area contributed by atoms with Crippen molar-refractivity contribution in [2.24, 2.45) is 4.99 Å². The molecule has 0 aromatic heterocycles. The maximum atomic E-state index is 4.62. The van der Waals surface area contributed by atoms with Crippen LogP contribution in [0.15, 0.2) is 35.2 Å². The molecule has 1 aliphatic heterocycles. The van der Waals surface area contributed by atoms with Crippen molar-refractivity contribution in [2.45, 2.75) is 17.3 Å². The average Bonchev–Trinajstić information content (AvgIpc) is 2.11. The van der Waals surface area contributed by atoms with Crippen molar-refractivity contribution in [3.8, 4) is 0 Å². The fraction of sp³-hybridized carbons (Fsp3) is 0.455. The second-order valence-corrected chi connectivity index (χ2v) is 7.36. The van der Waals surface area contributed by atoms with Crippen LogP contribution in [0.3, 0.4) is 0 Å². The number of alkyl halides is 2. The number of hydrogen-bond donors (Lipinski definition) is 0. The molecule has 1 rings (SSSR count). The Morgan fingerprint density at radius 3 is 2.86 bits per heavy atom. The van der Waals surface area contributed by atoms with Crippen LogP contribution in [0.4, 0.5) is 0 Å². The number of hydrogen-bond acceptors (Lipinski definition) is 2. The SMILES string of the molecule is C=C=C/C=C(\N=C(C)SC)C1CC[I-]1. The maximum absolute atomic E-state index is 4.62. The van der Waals surface area contributed by atoms with Gasteiger partial charge < -0.3 is 0 Å². The molecular weight excluding hydrogens is 305 g/mol. The third-order valence-electron chi connectivity index (χ3n) is 1.93. The standard InChI is InChI=1S/C11H15INS/c1-4-5-6-11(10-7-8-12-10)13-9(2)14-3/h5-6,10H,1,7-8H2,2-3H3/q-1/b11-6-,13-9?. The molecule has 1 atom stereocenters. The first-order chi connectivity index (χ1) is 6.77. The molecule has 1 heterocycles. The van der Waals surface area contributed by atoms with Crippen LogP contribution in [0.5, 0.6) is 0 Å². The molecular formula is C11H15INS-. The minimum absolute atomic E-state index is 0.377. The van der Waals surface area contributed by atoms with Crippen LogP contribution in [0, 0.1) is 0 Å². The van der Waals surface area contributed by atoms with Crippen LogP contribution >= 0.6 is 11.8 Å². The van der Waals surface area contributed by atoms with Gasteiger partial charge in [0.1, 0.15) is 0 Å². The zero-order valence-electron chi connectivity index (χ0n) is 8.59. The summed E-state index contributed by atoms with van der Waals surface area (Å²) in [4.78, 5) is 4.62. The van der Waals surface area contributed by atoms with Crippen molar-refractivity contribution in [3.63, 3.8) is 0 Å². The van der Waals surface area contributed by atoms with Crippen LogP contribution < -0.4 is 21.2 Å². The van der Waals surface area contributed by atoms with Crippen LogP contribution in [0.25, 0.3) is 0 Å². The fourth-order valence-corrected chi connectivity index (χ4v) is 3.27. The van der Waals surface area contributed by atoms with E-state index in [0.29, 0.717) is 21.2 Å². The number of nitrogens with zero attached hydrogens (tertiary/aromatic N) is 1. The van der Waals surface area contributed by atoms with Gasteiger partial charge in [-0.15, -0.1) is 0 Å². The first-order valence-corrected chi connectivity index (χ1v) is 8.50. The van der Waals surface area contributed by atoms with Gasteiger partial charge in [0, 0.05) is 0 Å². The molecule has 78 valence electrons. The summed E-state index contributed by atoms with van der Waals surface area (Å²) in [6.07, 6.45) is 7.33.